The number of rotatable bonds is 8. The second kappa shape index (κ2) is 9.07. The molecular formula is C20H33NO3. The fraction of sp³-hybridized carbons (Fsp3) is 0.650. The van der Waals surface area contributed by atoms with Gasteiger partial charge in [-0.3, -0.25) is 9.69 Å². The molecule has 1 aliphatic rings. The van der Waals surface area contributed by atoms with Crippen LogP contribution in [0.15, 0.2) is 34.8 Å². The topological polar surface area (TPSA) is 49.8 Å². The van der Waals surface area contributed by atoms with E-state index in [0.717, 1.165) is 61.1 Å². The summed E-state index contributed by atoms with van der Waals surface area (Å²) < 4.78 is 6.43. The van der Waals surface area contributed by atoms with Crippen molar-refractivity contribution in [3.05, 3.63) is 34.8 Å². The van der Waals surface area contributed by atoms with Crippen LogP contribution in [0.1, 0.15) is 60.8 Å². The van der Waals surface area contributed by atoms with Gasteiger partial charge in [-0.05, 0) is 71.6 Å². The van der Waals surface area contributed by atoms with E-state index in [2.05, 4.69) is 18.7 Å². The smallest absolute Gasteiger partial charge is 0.143 e. The van der Waals surface area contributed by atoms with Crippen LogP contribution in [0.3, 0.4) is 0 Å². The summed E-state index contributed by atoms with van der Waals surface area (Å²) >= 11 is 0. The van der Waals surface area contributed by atoms with Crippen molar-refractivity contribution in [2.24, 2.45) is 0 Å². The average molecular weight is 335 g/mol. The Morgan fingerprint density at radius 3 is 2.50 bits per heavy atom. The number of Topliss-reactive ketones (excluding diaryl/α,β-unsaturated/α-hetero) is 1. The van der Waals surface area contributed by atoms with Gasteiger partial charge in [-0.15, -0.1) is 0 Å². The first-order valence-electron chi connectivity index (χ1n) is 8.85. The van der Waals surface area contributed by atoms with Crippen molar-refractivity contribution in [1.82, 2.24) is 4.90 Å². The molecule has 0 aromatic carbocycles. The summed E-state index contributed by atoms with van der Waals surface area (Å²) in [5.41, 5.74) is 2.66. The quantitative estimate of drug-likeness (QED) is 0.662. The molecule has 1 rings (SSSR count). The van der Waals surface area contributed by atoms with Crippen LogP contribution < -0.4 is 0 Å². The van der Waals surface area contributed by atoms with Crippen molar-refractivity contribution in [3.63, 3.8) is 0 Å². The third-order valence-electron chi connectivity index (χ3n) is 4.53. The molecule has 0 aromatic heterocycles. The maximum absolute atomic E-state index is 11.5. The summed E-state index contributed by atoms with van der Waals surface area (Å²) in [6, 6.07) is 0. The molecule has 1 N–H and O–H groups in total. The van der Waals surface area contributed by atoms with Crippen molar-refractivity contribution >= 4 is 5.78 Å². The Morgan fingerprint density at radius 2 is 2.00 bits per heavy atom. The molecule has 0 amide bonds. The number of aliphatic hydroxyl groups excluding tert-OH is 1. The molecule has 1 aliphatic heterocycles. The Morgan fingerprint density at radius 1 is 1.33 bits per heavy atom. The van der Waals surface area contributed by atoms with Crippen LogP contribution in [0, 0.1) is 0 Å². The number of ether oxygens (including phenoxy) is 1. The maximum Gasteiger partial charge on any atom is 0.143 e. The summed E-state index contributed by atoms with van der Waals surface area (Å²) in [4.78, 5) is 13.7. The van der Waals surface area contributed by atoms with Gasteiger partial charge < -0.3 is 9.84 Å². The van der Waals surface area contributed by atoms with E-state index in [4.69, 9.17) is 4.74 Å². The molecule has 0 aromatic rings. The first-order chi connectivity index (χ1) is 11.3. The Balaban J connectivity index is 3.06. The zero-order chi connectivity index (χ0) is 18.3. The molecule has 0 aliphatic carbocycles. The van der Waals surface area contributed by atoms with Gasteiger partial charge in [0, 0.05) is 12.1 Å². The number of hydrogen-bond donors (Lipinski definition) is 1. The van der Waals surface area contributed by atoms with E-state index in [9.17, 15) is 9.90 Å². The highest BCUT2D eigenvalue weighted by Gasteiger charge is 2.35. The molecule has 0 fully saturated rings. The molecule has 24 heavy (non-hydrogen) atoms. The van der Waals surface area contributed by atoms with E-state index in [1.54, 1.807) is 6.92 Å². The van der Waals surface area contributed by atoms with Gasteiger partial charge in [0.1, 0.15) is 17.1 Å². The lowest BCUT2D eigenvalue weighted by atomic mass is 9.88. The minimum atomic E-state index is -0.330. The zero-order valence-electron chi connectivity index (χ0n) is 16.1. The van der Waals surface area contributed by atoms with Crippen LogP contribution in [0.25, 0.3) is 0 Å². The Kier molecular flexibility index (Phi) is 7.74. The predicted molar refractivity (Wildman–Crippen MR) is 99.0 cm³/mol. The maximum atomic E-state index is 11.5. The molecule has 1 unspecified atom stereocenters. The van der Waals surface area contributed by atoms with E-state index < -0.39 is 0 Å². The lowest BCUT2D eigenvalue weighted by Crippen LogP contribution is -2.46. The SMILES string of the molecule is C/C=C(\C)C1=C(/C(C)=C/O)CCC(C)(CN(CCC)CC(C)=O)O1. The first-order valence-corrected chi connectivity index (χ1v) is 8.85. The number of ketones is 1. The van der Waals surface area contributed by atoms with E-state index in [1.807, 2.05) is 26.8 Å². The Bertz CT molecular complexity index is 545. The third kappa shape index (κ3) is 5.52. The molecule has 1 atom stereocenters. The number of allylic oxidation sites excluding steroid dienone is 4. The summed E-state index contributed by atoms with van der Waals surface area (Å²) in [5, 5.41) is 9.39. The lowest BCUT2D eigenvalue weighted by molar-refractivity contribution is -0.119. The van der Waals surface area contributed by atoms with Gasteiger partial charge in [0.15, 0.2) is 0 Å². The Labute approximate surface area is 146 Å². The van der Waals surface area contributed by atoms with Gasteiger partial charge >= 0.3 is 0 Å². The molecule has 4 nitrogen and oxygen atoms in total. The number of carbonyl (C=O) groups excluding carboxylic acids is 1. The summed E-state index contributed by atoms with van der Waals surface area (Å²) in [5.74, 6) is 1.05. The molecule has 0 radical (unpaired) electrons. The van der Waals surface area contributed by atoms with Crippen molar-refractivity contribution in [2.45, 2.75) is 66.4 Å². The third-order valence-corrected chi connectivity index (χ3v) is 4.53. The van der Waals surface area contributed by atoms with Crippen molar-refractivity contribution in [3.8, 4) is 0 Å². The Hall–Kier alpha value is -1.55. The van der Waals surface area contributed by atoms with Crippen molar-refractivity contribution in [2.75, 3.05) is 19.6 Å². The van der Waals surface area contributed by atoms with Gasteiger partial charge in [-0.2, -0.15) is 0 Å². The van der Waals surface area contributed by atoms with Crippen molar-refractivity contribution < 1.29 is 14.6 Å². The monoisotopic (exact) mass is 335 g/mol. The number of nitrogens with zero attached hydrogens (tertiary/aromatic N) is 1. The van der Waals surface area contributed by atoms with E-state index >= 15 is 0 Å². The fourth-order valence-corrected chi connectivity index (χ4v) is 3.20. The van der Waals surface area contributed by atoms with Crippen LogP contribution in [0.5, 0.6) is 0 Å². The average Bonchev–Trinajstić information content (AvgIpc) is 2.52. The van der Waals surface area contributed by atoms with Crippen LogP contribution in [0.4, 0.5) is 0 Å². The van der Waals surface area contributed by atoms with Crippen LogP contribution in [0.2, 0.25) is 0 Å². The number of carbonyl (C=O) groups is 1. The second-order valence-corrected chi connectivity index (χ2v) is 7.06. The highest BCUT2D eigenvalue weighted by Crippen LogP contribution is 2.38. The standard InChI is InChI=1S/C20H33NO3/c1-7-11-21(12-17(5)23)14-20(6)10-9-18(16(4)13-22)19(24-20)15(3)8-2/h8,13,22H,7,9-12,14H2,1-6H3/b15-8+,16-13+. The molecule has 136 valence electrons. The molecule has 1 heterocycles. The van der Waals surface area contributed by atoms with Gasteiger partial charge in [0.2, 0.25) is 0 Å². The molecule has 4 heteroatoms. The predicted octanol–water partition coefficient (Wildman–Crippen LogP) is 4.54. The molecule has 0 saturated heterocycles. The number of aliphatic hydroxyl groups is 1. The summed E-state index contributed by atoms with van der Waals surface area (Å²) in [6.45, 7) is 13.9. The van der Waals surface area contributed by atoms with Crippen molar-refractivity contribution in [1.29, 1.82) is 0 Å². The highest BCUT2D eigenvalue weighted by molar-refractivity contribution is 5.77. The fourth-order valence-electron chi connectivity index (χ4n) is 3.20. The van der Waals surface area contributed by atoms with Crippen LogP contribution >= 0.6 is 0 Å². The van der Waals surface area contributed by atoms with Gasteiger partial charge in [0.05, 0.1) is 12.8 Å². The van der Waals surface area contributed by atoms with Crippen LogP contribution in [-0.2, 0) is 9.53 Å². The minimum absolute atomic E-state index is 0.183. The van der Waals surface area contributed by atoms with Gasteiger partial charge in [-0.25, -0.2) is 0 Å². The first kappa shape index (κ1) is 20.5. The lowest BCUT2D eigenvalue weighted by Gasteiger charge is -2.41. The largest absolute Gasteiger partial charge is 0.515 e. The normalized spacial score (nSPS) is 22.8. The molecule has 0 saturated carbocycles. The van der Waals surface area contributed by atoms with Crippen LogP contribution in [-0.4, -0.2) is 41.0 Å². The highest BCUT2D eigenvalue weighted by atomic mass is 16.5. The molecule has 0 spiro atoms. The minimum Gasteiger partial charge on any atom is -0.515 e. The number of hydrogen-bond acceptors (Lipinski definition) is 4. The van der Waals surface area contributed by atoms with E-state index in [0.29, 0.717) is 6.54 Å². The second-order valence-electron chi connectivity index (χ2n) is 7.06. The van der Waals surface area contributed by atoms with Gasteiger partial charge in [0.25, 0.3) is 0 Å². The van der Waals surface area contributed by atoms with E-state index in [1.165, 1.54) is 0 Å². The molecular weight excluding hydrogens is 302 g/mol. The van der Waals surface area contributed by atoms with E-state index in [-0.39, 0.29) is 11.4 Å². The zero-order valence-corrected chi connectivity index (χ0v) is 16.1. The molecule has 0 bridgehead atoms. The summed E-state index contributed by atoms with van der Waals surface area (Å²) in [6.07, 6.45) is 5.93. The summed E-state index contributed by atoms with van der Waals surface area (Å²) in [7, 11) is 0. The van der Waals surface area contributed by atoms with Gasteiger partial charge in [-0.1, -0.05) is 13.0 Å².